The zero-order valence-electron chi connectivity index (χ0n) is 16.9. The van der Waals surface area contributed by atoms with E-state index in [0.717, 1.165) is 27.6 Å². The quantitative estimate of drug-likeness (QED) is 0.645. The van der Waals surface area contributed by atoms with Crippen molar-refractivity contribution in [1.29, 1.82) is 0 Å². The van der Waals surface area contributed by atoms with E-state index in [-0.39, 0.29) is 17.7 Å². The van der Waals surface area contributed by atoms with Gasteiger partial charge in [0.05, 0.1) is 13.0 Å². The van der Waals surface area contributed by atoms with E-state index in [4.69, 9.17) is 4.74 Å². The van der Waals surface area contributed by atoms with Gasteiger partial charge in [-0.05, 0) is 47.9 Å². The summed E-state index contributed by atoms with van der Waals surface area (Å²) in [6.07, 6.45) is 0. The van der Waals surface area contributed by atoms with E-state index in [1.54, 1.807) is 14.0 Å². The van der Waals surface area contributed by atoms with Crippen molar-refractivity contribution >= 4 is 22.6 Å². The fraction of sp³-hybridized carbons (Fsp3) is 0.250. The summed E-state index contributed by atoms with van der Waals surface area (Å²) in [6.45, 7) is 3.97. The second-order valence-corrected chi connectivity index (χ2v) is 7.13. The van der Waals surface area contributed by atoms with Crippen molar-refractivity contribution in [3.8, 4) is 5.75 Å². The molecule has 5 heteroatoms. The molecule has 0 bridgehead atoms. The molecule has 0 radical (unpaired) electrons. The van der Waals surface area contributed by atoms with E-state index in [0.29, 0.717) is 6.54 Å². The smallest absolute Gasteiger partial charge is 0.242 e. The zero-order chi connectivity index (χ0) is 20.8. The first-order chi connectivity index (χ1) is 14.0. The Bertz CT molecular complexity index is 1000. The Kier molecular flexibility index (Phi) is 6.50. The third-order valence-electron chi connectivity index (χ3n) is 5.03. The molecule has 0 aromatic heterocycles. The molecule has 3 aromatic rings. The largest absolute Gasteiger partial charge is 0.497 e. The molecule has 150 valence electrons. The second kappa shape index (κ2) is 9.24. The summed E-state index contributed by atoms with van der Waals surface area (Å²) in [5.41, 5.74) is 1.91. The molecule has 1 unspecified atom stereocenters. The molecule has 29 heavy (non-hydrogen) atoms. The van der Waals surface area contributed by atoms with E-state index < -0.39 is 6.04 Å². The molecule has 5 nitrogen and oxygen atoms in total. The molecule has 0 aliphatic rings. The van der Waals surface area contributed by atoms with Crippen LogP contribution in [0.15, 0.2) is 66.7 Å². The highest BCUT2D eigenvalue weighted by Crippen LogP contribution is 2.25. The van der Waals surface area contributed by atoms with E-state index in [9.17, 15) is 9.59 Å². The summed E-state index contributed by atoms with van der Waals surface area (Å²) in [6, 6.07) is 20.8. The average Bonchev–Trinajstić information content (AvgIpc) is 2.76. The monoisotopic (exact) mass is 390 g/mol. The van der Waals surface area contributed by atoms with Crippen molar-refractivity contribution in [2.24, 2.45) is 0 Å². The van der Waals surface area contributed by atoms with Crippen LogP contribution in [0.25, 0.3) is 10.8 Å². The van der Waals surface area contributed by atoms with Gasteiger partial charge in [-0.1, -0.05) is 54.6 Å². The Morgan fingerprint density at radius 1 is 0.897 bits per heavy atom. The van der Waals surface area contributed by atoms with Gasteiger partial charge in [0.1, 0.15) is 11.8 Å². The highest BCUT2D eigenvalue weighted by atomic mass is 16.5. The number of hydrogen-bond donors (Lipinski definition) is 2. The van der Waals surface area contributed by atoms with Crippen LogP contribution in [0.5, 0.6) is 5.75 Å². The first-order valence-electron chi connectivity index (χ1n) is 9.67. The fourth-order valence-electron chi connectivity index (χ4n) is 3.13. The fourth-order valence-corrected chi connectivity index (χ4v) is 3.13. The Hall–Kier alpha value is -3.34. The molecule has 0 heterocycles. The van der Waals surface area contributed by atoms with Crippen LogP contribution in [-0.4, -0.2) is 25.0 Å². The van der Waals surface area contributed by atoms with Crippen molar-refractivity contribution in [2.75, 3.05) is 7.11 Å². The molecule has 2 N–H and O–H groups in total. The van der Waals surface area contributed by atoms with Gasteiger partial charge in [0.2, 0.25) is 11.8 Å². The van der Waals surface area contributed by atoms with Gasteiger partial charge in [0.25, 0.3) is 0 Å². The van der Waals surface area contributed by atoms with E-state index >= 15 is 0 Å². The molecule has 0 saturated heterocycles. The first kappa shape index (κ1) is 20.4. The van der Waals surface area contributed by atoms with Gasteiger partial charge >= 0.3 is 0 Å². The molecule has 0 saturated carbocycles. The maximum atomic E-state index is 12.7. The Labute approximate surface area is 171 Å². The van der Waals surface area contributed by atoms with Crippen LogP contribution in [0.4, 0.5) is 0 Å². The summed E-state index contributed by atoms with van der Waals surface area (Å²) in [5, 5.41) is 7.75. The van der Waals surface area contributed by atoms with Gasteiger partial charge in [-0.15, -0.1) is 0 Å². The number of fused-ring (bicyclic) bond motifs is 1. The van der Waals surface area contributed by atoms with Crippen molar-refractivity contribution in [1.82, 2.24) is 10.6 Å². The molecule has 0 spiro atoms. The third-order valence-corrected chi connectivity index (χ3v) is 5.03. The minimum absolute atomic E-state index is 0.180. The number of nitrogens with one attached hydrogen (secondary N) is 2. The van der Waals surface area contributed by atoms with E-state index in [2.05, 4.69) is 10.6 Å². The summed E-state index contributed by atoms with van der Waals surface area (Å²) in [5.74, 6) is 0.0393. The van der Waals surface area contributed by atoms with Crippen molar-refractivity contribution in [3.05, 3.63) is 77.9 Å². The lowest BCUT2D eigenvalue weighted by Gasteiger charge is -2.18. The van der Waals surface area contributed by atoms with Gasteiger partial charge in [-0.3, -0.25) is 9.59 Å². The highest BCUT2D eigenvalue weighted by Gasteiger charge is 2.21. The second-order valence-electron chi connectivity index (χ2n) is 7.13. The zero-order valence-corrected chi connectivity index (χ0v) is 16.9. The number of carbonyl (C=O) groups is 2. The highest BCUT2D eigenvalue weighted by molar-refractivity contribution is 5.91. The SMILES string of the molecule is COc1ccc2cc([C@H](C)C(=O)NC(C)C(=O)NCc3ccccc3)ccc2c1. The molecule has 0 aliphatic carbocycles. The van der Waals surface area contributed by atoms with Crippen molar-refractivity contribution < 1.29 is 14.3 Å². The van der Waals surface area contributed by atoms with E-state index in [1.807, 2.05) is 73.7 Å². The molecular weight excluding hydrogens is 364 g/mol. The maximum absolute atomic E-state index is 12.7. The van der Waals surface area contributed by atoms with Crippen LogP contribution in [0.3, 0.4) is 0 Å². The third kappa shape index (κ3) is 5.13. The molecule has 0 fully saturated rings. The minimum atomic E-state index is -0.613. The standard InChI is InChI=1S/C24H26N2O3/c1-16(19-9-10-21-14-22(29-3)12-11-20(21)13-19)23(27)26-17(2)24(28)25-15-18-7-5-4-6-8-18/h4-14,16-17H,15H2,1-3H3,(H,25,28)(H,26,27)/t16-,17?/m0/s1. The summed E-state index contributed by atoms with van der Waals surface area (Å²) in [7, 11) is 1.64. The predicted molar refractivity (Wildman–Crippen MR) is 115 cm³/mol. The summed E-state index contributed by atoms with van der Waals surface area (Å²) >= 11 is 0. The van der Waals surface area contributed by atoms with Crippen LogP contribution in [0.1, 0.15) is 30.9 Å². The van der Waals surface area contributed by atoms with Crippen molar-refractivity contribution in [3.63, 3.8) is 0 Å². The molecule has 2 atom stereocenters. The number of hydrogen-bond acceptors (Lipinski definition) is 3. The summed E-state index contributed by atoms with van der Waals surface area (Å²) in [4.78, 5) is 25.0. The predicted octanol–water partition coefficient (Wildman–Crippen LogP) is 3.77. The minimum Gasteiger partial charge on any atom is -0.497 e. The lowest BCUT2D eigenvalue weighted by Crippen LogP contribution is -2.45. The normalized spacial score (nSPS) is 12.8. The van der Waals surface area contributed by atoms with Gasteiger partial charge in [-0.25, -0.2) is 0 Å². The molecule has 3 aromatic carbocycles. The summed E-state index contributed by atoms with van der Waals surface area (Å²) < 4.78 is 5.25. The van der Waals surface area contributed by atoms with Gasteiger partial charge in [-0.2, -0.15) is 0 Å². The van der Waals surface area contributed by atoms with Crippen LogP contribution in [0.2, 0.25) is 0 Å². The average molecular weight is 390 g/mol. The topological polar surface area (TPSA) is 67.4 Å². The van der Waals surface area contributed by atoms with Gasteiger partial charge in [0, 0.05) is 6.54 Å². The Morgan fingerprint density at radius 3 is 2.31 bits per heavy atom. The molecule has 0 aliphatic heterocycles. The first-order valence-corrected chi connectivity index (χ1v) is 9.67. The maximum Gasteiger partial charge on any atom is 0.242 e. The Morgan fingerprint density at radius 2 is 1.59 bits per heavy atom. The lowest BCUT2D eigenvalue weighted by atomic mass is 9.96. The van der Waals surface area contributed by atoms with Gasteiger partial charge < -0.3 is 15.4 Å². The molecule has 3 rings (SSSR count). The van der Waals surface area contributed by atoms with E-state index in [1.165, 1.54) is 0 Å². The number of amides is 2. The molecule has 2 amide bonds. The Balaban J connectivity index is 1.60. The van der Waals surface area contributed by atoms with Gasteiger partial charge in [0.15, 0.2) is 0 Å². The van der Waals surface area contributed by atoms with Crippen LogP contribution >= 0.6 is 0 Å². The van der Waals surface area contributed by atoms with Crippen LogP contribution in [0, 0.1) is 0 Å². The van der Waals surface area contributed by atoms with Crippen molar-refractivity contribution in [2.45, 2.75) is 32.4 Å². The number of benzene rings is 3. The van der Waals surface area contributed by atoms with Crippen LogP contribution in [-0.2, 0) is 16.1 Å². The molecular formula is C24H26N2O3. The van der Waals surface area contributed by atoms with Crippen LogP contribution < -0.4 is 15.4 Å². The number of ether oxygens (including phenoxy) is 1. The number of rotatable bonds is 7. The lowest BCUT2D eigenvalue weighted by molar-refractivity contribution is -0.129. The number of methoxy groups -OCH3 is 1. The number of carbonyl (C=O) groups excluding carboxylic acids is 2.